The normalized spacial score (nSPS) is 10.8. The lowest BCUT2D eigenvalue weighted by atomic mass is 9.90. The van der Waals surface area contributed by atoms with E-state index in [0.717, 1.165) is 104 Å². The molecular weight excluding hydrogens is 839 g/mol. The van der Waals surface area contributed by atoms with Gasteiger partial charge in [-0.25, -0.2) is 0 Å². The van der Waals surface area contributed by atoms with Crippen molar-refractivity contribution in [1.29, 1.82) is 0 Å². The Morgan fingerprint density at radius 2 is 0.536 bits per heavy atom. The molecule has 0 bridgehead atoms. The van der Waals surface area contributed by atoms with Crippen LogP contribution in [0.25, 0.3) is 23.3 Å². The molecule has 0 saturated carbocycles. The van der Waals surface area contributed by atoms with Crippen molar-refractivity contribution in [3.8, 4) is 0 Å². The lowest BCUT2D eigenvalue weighted by molar-refractivity contribution is 0.866. The number of rotatable bonds is 23. The minimum atomic E-state index is 0.959. The number of nitrogens with zero attached hydrogens (tertiary/aromatic N) is 5. The molecule has 6 rings (SSSR count). The average Bonchev–Trinajstić information content (AvgIpc) is 3.39. The van der Waals surface area contributed by atoms with Crippen molar-refractivity contribution in [2.24, 2.45) is 0 Å². The van der Waals surface area contributed by atoms with E-state index in [1.165, 1.54) is 50.7 Å². The zero-order chi connectivity index (χ0) is 49.3. The van der Waals surface area contributed by atoms with E-state index < -0.39 is 0 Å². The quantitative estimate of drug-likeness (QED) is 0.0594. The van der Waals surface area contributed by atoms with E-state index in [-0.39, 0.29) is 0 Å². The van der Waals surface area contributed by atoms with Crippen molar-refractivity contribution in [1.82, 2.24) is 0 Å². The third kappa shape index (κ3) is 12.9. The fourth-order valence-electron chi connectivity index (χ4n) is 9.51. The molecule has 0 fully saturated rings. The maximum atomic E-state index is 4.27. The topological polar surface area (TPSA) is 16.2 Å². The maximum Gasteiger partial charge on any atom is 0.0366 e. The monoisotopic (exact) mass is 918 g/mol. The number of hydrogen-bond donors (Lipinski definition) is 0. The Morgan fingerprint density at radius 1 is 0.304 bits per heavy atom. The zero-order valence-electron chi connectivity index (χ0n) is 43.6. The smallest absolute Gasteiger partial charge is 0.0366 e. The van der Waals surface area contributed by atoms with Crippen molar-refractivity contribution >= 4 is 51.7 Å². The van der Waals surface area contributed by atoms with Gasteiger partial charge in [0.1, 0.15) is 0 Å². The SMILES string of the molecule is C=c1ccc(=C(C=C(C=C(c2ccc(N(CC)CC)cc2)c2ccc(N(CC)CC)cc2)C=C(c2ccc(N(CC)CC)cc2)c2ccc(N(CC)CC)cc2)c2ccc(N(CC)CC)cc2)cc1. The molecule has 0 aliphatic carbocycles. The van der Waals surface area contributed by atoms with Crippen LogP contribution in [-0.4, -0.2) is 65.4 Å². The molecule has 0 unspecified atom stereocenters. The van der Waals surface area contributed by atoms with Gasteiger partial charge in [0.2, 0.25) is 0 Å². The van der Waals surface area contributed by atoms with Gasteiger partial charge < -0.3 is 24.5 Å². The Labute approximate surface area is 416 Å². The standard InChI is InChI=1S/C64H79N5/c1-12-65(13-2)57-36-26-52(27-37-57)62(51-24-22-49(11)23-25-51)46-50(47-63(53-28-38-58(39-29-53)66(14-3)15-4)54-30-40-59(41-31-54)67(16-5)17-6)48-64(55-32-42-60(43-33-55)68(18-7)19-8)56-34-44-61(45-35-56)69(20-9)21-10/h22-48H,11-21H2,1-10H3. The molecule has 5 nitrogen and oxygen atoms in total. The molecule has 0 N–H and O–H groups in total. The highest BCUT2D eigenvalue weighted by molar-refractivity contribution is 5.89. The molecule has 0 atom stereocenters. The van der Waals surface area contributed by atoms with Gasteiger partial charge in [-0.15, -0.1) is 0 Å². The molecule has 0 aliphatic heterocycles. The zero-order valence-corrected chi connectivity index (χ0v) is 43.6. The van der Waals surface area contributed by atoms with Gasteiger partial charge in [0.15, 0.2) is 0 Å². The maximum absolute atomic E-state index is 4.27. The van der Waals surface area contributed by atoms with E-state index in [4.69, 9.17) is 0 Å². The molecule has 6 aromatic rings. The van der Waals surface area contributed by atoms with Gasteiger partial charge in [-0.1, -0.05) is 91.5 Å². The lowest BCUT2D eigenvalue weighted by Gasteiger charge is -2.23. The molecule has 6 aromatic carbocycles. The van der Waals surface area contributed by atoms with Crippen molar-refractivity contribution in [2.45, 2.75) is 69.2 Å². The van der Waals surface area contributed by atoms with Crippen LogP contribution in [0.3, 0.4) is 0 Å². The molecule has 360 valence electrons. The van der Waals surface area contributed by atoms with Crippen LogP contribution in [0.2, 0.25) is 0 Å². The molecule has 5 heteroatoms. The van der Waals surface area contributed by atoms with Crippen LogP contribution in [0.15, 0.2) is 169 Å². The Bertz CT molecular complexity index is 2440. The minimum absolute atomic E-state index is 0.959. The van der Waals surface area contributed by atoms with E-state index >= 15 is 0 Å². The molecule has 0 saturated heterocycles. The molecular formula is C64H79N5. The number of hydrogen-bond acceptors (Lipinski definition) is 5. The molecule has 0 radical (unpaired) electrons. The molecule has 69 heavy (non-hydrogen) atoms. The van der Waals surface area contributed by atoms with Crippen LogP contribution in [0.1, 0.15) is 97.1 Å². The molecule has 0 heterocycles. The first-order valence-corrected chi connectivity index (χ1v) is 25.9. The van der Waals surface area contributed by atoms with E-state index in [1.54, 1.807) is 0 Å². The van der Waals surface area contributed by atoms with Gasteiger partial charge in [0, 0.05) is 93.9 Å². The van der Waals surface area contributed by atoms with Crippen molar-refractivity contribution in [2.75, 3.05) is 89.9 Å². The summed E-state index contributed by atoms with van der Waals surface area (Å²) in [5.74, 6) is 0. The first kappa shape index (κ1) is 51.7. The number of allylic oxidation sites excluding steroid dienone is 4. The summed E-state index contributed by atoms with van der Waals surface area (Å²) in [6.07, 6.45) is 7.26. The van der Waals surface area contributed by atoms with E-state index in [9.17, 15) is 0 Å². The average molecular weight is 918 g/mol. The summed E-state index contributed by atoms with van der Waals surface area (Å²) in [5.41, 5.74) is 16.5. The summed E-state index contributed by atoms with van der Waals surface area (Å²) < 4.78 is 0. The molecule has 0 aromatic heterocycles. The summed E-state index contributed by atoms with van der Waals surface area (Å²) in [5, 5.41) is 2.13. The highest BCUT2D eigenvalue weighted by Crippen LogP contribution is 2.34. The minimum Gasteiger partial charge on any atom is -0.372 e. The fourth-order valence-corrected chi connectivity index (χ4v) is 9.51. The van der Waals surface area contributed by atoms with Gasteiger partial charge in [-0.3, -0.25) is 0 Å². The van der Waals surface area contributed by atoms with Crippen LogP contribution < -0.4 is 34.9 Å². The summed E-state index contributed by atoms with van der Waals surface area (Å²) in [6, 6.07) is 54.6. The second kappa shape index (κ2) is 25.6. The lowest BCUT2D eigenvalue weighted by Crippen LogP contribution is -2.21. The summed E-state index contributed by atoms with van der Waals surface area (Å²) in [6.45, 7) is 36.1. The number of anilines is 5. The van der Waals surface area contributed by atoms with Crippen molar-refractivity contribution < 1.29 is 0 Å². The van der Waals surface area contributed by atoms with Crippen LogP contribution >= 0.6 is 0 Å². The summed E-state index contributed by atoms with van der Waals surface area (Å²) >= 11 is 0. The first-order chi connectivity index (χ1) is 33.6. The van der Waals surface area contributed by atoms with Crippen LogP contribution in [0.4, 0.5) is 28.4 Å². The predicted molar refractivity (Wildman–Crippen MR) is 306 cm³/mol. The largest absolute Gasteiger partial charge is 0.372 e. The Hall–Kier alpha value is -6.72. The Kier molecular flexibility index (Phi) is 19.2. The summed E-state index contributed by atoms with van der Waals surface area (Å²) in [4.78, 5) is 12.0. The third-order valence-electron chi connectivity index (χ3n) is 13.7. The Balaban J connectivity index is 1.72. The van der Waals surface area contributed by atoms with Crippen LogP contribution in [-0.2, 0) is 0 Å². The van der Waals surface area contributed by atoms with Crippen molar-refractivity contribution in [3.05, 3.63) is 208 Å². The predicted octanol–water partition coefficient (Wildman–Crippen LogP) is 13.7. The highest BCUT2D eigenvalue weighted by atomic mass is 15.1. The fraction of sp³-hybridized carbons (Fsp3) is 0.312. The van der Waals surface area contributed by atoms with E-state index in [0.29, 0.717) is 0 Å². The summed E-state index contributed by atoms with van der Waals surface area (Å²) in [7, 11) is 0. The van der Waals surface area contributed by atoms with Crippen LogP contribution in [0.5, 0.6) is 0 Å². The third-order valence-corrected chi connectivity index (χ3v) is 13.7. The second-order valence-electron chi connectivity index (χ2n) is 17.5. The molecule has 0 amide bonds. The van der Waals surface area contributed by atoms with E-state index in [1.807, 2.05) is 0 Å². The Morgan fingerprint density at radius 3 is 0.768 bits per heavy atom. The van der Waals surface area contributed by atoms with Gasteiger partial charge in [-0.05, 0) is 209 Å². The number of benzene rings is 6. The first-order valence-electron chi connectivity index (χ1n) is 25.9. The molecule has 0 aliphatic rings. The molecule has 0 spiro atoms. The van der Waals surface area contributed by atoms with Crippen LogP contribution in [0, 0.1) is 0 Å². The van der Waals surface area contributed by atoms with Gasteiger partial charge in [0.05, 0.1) is 0 Å². The van der Waals surface area contributed by atoms with Gasteiger partial charge >= 0.3 is 0 Å². The van der Waals surface area contributed by atoms with Crippen molar-refractivity contribution in [3.63, 3.8) is 0 Å². The van der Waals surface area contributed by atoms with Gasteiger partial charge in [-0.2, -0.15) is 0 Å². The van der Waals surface area contributed by atoms with E-state index in [2.05, 4.69) is 264 Å². The second-order valence-corrected chi connectivity index (χ2v) is 17.5. The van der Waals surface area contributed by atoms with Gasteiger partial charge in [0.25, 0.3) is 0 Å². The highest BCUT2D eigenvalue weighted by Gasteiger charge is 2.15.